The molecule has 1 saturated heterocycles. The van der Waals surface area contributed by atoms with E-state index in [1.165, 1.54) is 51.4 Å². The van der Waals surface area contributed by atoms with E-state index in [2.05, 4.69) is 6.92 Å². The van der Waals surface area contributed by atoms with Crippen molar-refractivity contribution in [2.45, 2.75) is 102 Å². The van der Waals surface area contributed by atoms with E-state index in [-0.39, 0.29) is 6.61 Å². The van der Waals surface area contributed by atoms with E-state index in [1.807, 2.05) is 0 Å². The molecular weight excluding hydrogens is 312 g/mol. The fourth-order valence-electron chi connectivity index (χ4n) is 3.08. The molecule has 0 aromatic rings. The van der Waals surface area contributed by atoms with Crippen molar-refractivity contribution < 1.29 is 29.9 Å². The molecule has 0 unspecified atom stereocenters. The predicted molar refractivity (Wildman–Crippen MR) is 91.6 cm³/mol. The highest BCUT2D eigenvalue weighted by Crippen LogP contribution is 2.22. The van der Waals surface area contributed by atoms with Crippen molar-refractivity contribution in [2.75, 3.05) is 13.2 Å². The Kier molecular flexibility index (Phi) is 11.8. The fraction of sp³-hybridized carbons (Fsp3) is 1.00. The molecule has 5 atom stereocenters. The lowest BCUT2D eigenvalue weighted by molar-refractivity contribution is -0.294. The molecule has 0 saturated carbocycles. The van der Waals surface area contributed by atoms with Crippen LogP contribution in [-0.2, 0) is 9.47 Å². The molecule has 6 nitrogen and oxygen atoms in total. The molecule has 4 N–H and O–H groups in total. The highest BCUT2D eigenvalue weighted by molar-refractivity contribution is 4.89. The molecule has 0 bridgehead atoms. The zero-order valence-electron chi connectivity index (χ0n) is 15.0. The van der Waals surface area contributed by atoms with Crippen molar-refractivity contribution in [3.05, 3.63) is 0 Å². The topological polar surface area (TPSA) is 99.4 Å². The van der Waals surface area contributed by atoms with Crippen molar-refractivity contribution in [1.82, 2.24) is 0 Å². The van der Waals surface area contributed by atoms with Crippen LogP contribution in [0.25, 0.3) is 0 Å². The Hall–Kier alpha value is -0.240. The zero-order chi connectivity index (χ0) is 17.8. The first-order chi connectivity index (χ1) is 11.6. The normalized spacial score (nSPS) is 30.6. The second-order valence-electron chi connectivity index (χ2n) is 6.75. The number of hydrogen-bond donors (Lipinski definition) is 4. The van der Waals surface area contributed by atoms with Gasteiger partial charge in [0.25, 0.3) is 0 Å². The van der Waals surface area contributed by atoms with E-state index in [1.54, 1.807) is 0 Å². The van der Waals surface area contributed by atoms with Crippen LogP contribution in [0.15, 0.2) is 0 Å². The highest BCUT2D eigenvalue weighted by Gasteiger charge is 2.44. The average Bonchev–Trinajstić information content (AvgIpc) is 2.59. The highest BCUT2D eigenvalue weighted by atomic mass is 16.6. The Bertz CT molecular complexity index is 299. The van der Waals surface area contributed by atoms with Crippen LogP contribution in [0.4, 0.5) is 0 Å². The SMILES string of the molecule is CCCCCCCCCCCCO[C@H]1[C@H](O)[C@@H](O)[C@@H](O)O[C@@H]1CO. The van der Waals surface area contributed by atoms with Crippen LogP contribution in [-0.4, -0.2) is 64.3 Å². The third-order valence-electron chi connectivity index (χ3n) is 4.65. The van der Waals surface area contributed by atoms with E-state index >= 15 is 0 Å². The van der Waals surface area contributed by atoms with Crippen LogP contribution in [0.3, 0.4) is 0 Å². The summed E-state index contributed by atoms with van der Waals surface area (Å²) in [4.78, 5) is 0. The van der Waals surface area contributed by atoms with Gasteiger partial charge in [0, 0.05) is 6.61 Å². The summed E-state index contributed by atoms with van der Waals surface area (Å²) in [5.41, 5.74) is 0. The monoisotopic (exact) mass is 348 g/mol. The van der Waals surface area contributed by atoms with Gasteiger partial charge in [-0.1, -0.05) is 64.7 Å². The molecule has 1 fully saturated rings. The lowest BCUT2D eigenvalue weighted by atomic mass is 9.99. The third kappa shape index (κ3) is 7.76. The molecule has 1 aliphatic rings. The van der Waals surface area contributed by atoms with Gasteiger partial charge in [0.05, 0.1) is 6.61 Å². The molecule has 6 heteroatoms. The maximum absolute atomic E-state index is 9.94. The molecule has 0 spiro atoms. The molecule has 0 aromatic carbocycles. The Balaban J connectivity index is 2.05. The van der Waals surface area contributed by atoms with Gasteiger partial charge < -0.3 is 29.9 Å². The van der Waals surface area contributed by atoms with E-state index < -0.39 is 30.7 Å². The molecule has 0 radical (unpaired) electrons. The molecule has 1 aliphatic heterocycles. The van der Waals surface area contributed by atoms with Crippen molar-refractivity contribution in [2.24, 2.45) is 0 Å². The summed E-state index contributed by atoms with van der Waals surface area (Å²) >= 11 is 0. The maximum atomic E-state index is 9.94. The number of hydrogen-bond acceptors (Lipinski definition) is 6. The molecule has 0 aromatic heterocycles. The smallest absolute Gasteiger partial charge is 0.184 e. The van der Waals surface area contributed by atoms with Gasteiger partial charge in [-0.3, -0.25) is 0 Å². The Morgan fingerprint density at radius 3 is 1.88 bits per heavy atom. The standard InChI is InChI=1S/C18H36O6/c1-2-3-4-5-6-7-8-9-10-11-12-23-17-14(13-19)24-18(22)16(21)15(17)20/h14-22H,2-13H2,1H3/t14-,15-,16-,17-,18+/m1/s1. The lowest BCUT2D eigenvalue weighted by Crippen LogP contribution is -2.59. The van der Waals surface area contributed by atoms with E-state index in [0.29, 0.717) is 6.61 Å². The molecule has 0 aliphatic carbocycles. The number of unbranched alkanes of at least 4 members (excludes halogenated alkanes) is 9. The molecule has 0 amide bonds. The molecule has 144 valence electrons. The van der Waals surface area contributed by atoms with Crippen molar-refractivity contribution in [3.8, 4) is 0 Å². The number of aliphatic hydroxyl groups excluding tert-OH is 4. The van der Waals surface area contributed by atoms with Crippen LogP contribution in [0, 0.1) is 0 Å². The molecular formula is C18H36O6. The van der Waals surface area contributed by atoms with Crippen molar-refractivity contribution in [1.29, 1.82) is 0 Å². The summed E-state index contributed by atoms with van der Waals surface area (Å²) in [7, 11) is 0. The second kappa shape index (κ2) is 13.0. The molecule has 24 heavy (non-hydrogen) atoms. The van der Waals surface area contributed by atoms with Gasteiger partial charge in [-0.2, -0.15) is 0 Å². The first kappa shape index (κ1) is 21.8. The van der Waals surface area contributed by atoms with Crippen LogP contribution in [0.2, 0.25) is 0 Å². The average molecular weight is 348 g/mol. The van der Waals surface area contributed by atoms with Crippen LogP contribution < -0.4 is 0 Å². The van der Waals surface area contributed by atoms with Crippen molar-refractivity contribution >= 4 is 0 Å². The van der Waals surface area contributed by atoms with Gasteiger partial charge in [0.2, 0.25) is 0 Å². The summed E-state index contributed by atoms with van der Waals surface area (Å²) in [5.74, 6) is 0. The van der Waals surface area contributed by atoms with Gasteiger partial charge in [-0.25, -0.2) is 0 Å². The van der Waals surface area contributed by atoms with Gasteiger partial charge in [-0.05, 0) is 6.42 Å². The number of rotatable bonds is 13. The Labute approximate surface area is 145 Å². The lowest BCUT2D eigenvalue weighted by Gasteiger charge is -2.40. The van der Waals surface area contributed by atoms with Crippen LogP contribution >= 0.6 is 0 Å². The zero-order valence-corrected chi connectivity index (χ0v) is 15.0. The number of ether oxygens (including phenoxy) is 2. The minimum atomic E-state index is -1.49. The summed E-state index contributed by atoms with van der Waals surface area (Å²) in [6, 6.07) is 0. The molecule has 1 rings (SSSR count). The van der Waals surface area contributed by atoms with Crippen LogP contribution in [0.1, 0.15) is 71.1 Å². The van der Waals surface area contributed by atoms with E-state index in [4.69, 9.17) is 9.47 Å². The van der Waals surface area contributed by atoms with Crippen LogP contribution in [0.5, 0.6) is 0 Å². The largest absolute Gasteiger partial charge is 0.394 e. The Morgan fingerprint density at radius 2 is 1.33 bits per heavy atom. The predicted octanol–water partition coefficient (Wildman–Crippen LogP) is 1.72. The second-order valence-corrected chi connectivity index (χ2v) is 6.75. The fourth-order valence-corrected chi connectivity index (χ4v) is 3.08. The molecule has 1 heterocycles. The number of aliphatic hydroxyl groups is 4. The summed E-state index contributed by atoms with van der Waals surface area (Å²) < 4.78 is 10.6. The first-order valence-corrected chi connectivity index (χ1v) is 9.54. The first-order valence-electron chi connectivity index (χ1n) is 9.54. The van der Waals surface area contributed by atoms with E-state index in [9.17, 15) is 20.4 Å². The van der Waals surface area contributed by atoms with Gasteiger partial charge >= 0.3 is 0 Å². The van der Waals surface area contributed by atoms with Gasteiger partial charge in [-0.15, -0.1) is 0 Å². The minimum absolute atomic E-state index is 0.371. The van der Waals surface area contributed by atoms with Crippen molar-refractivity contribution in [3.63, 3.8) is 0 Å². The minimum Gasteiger partial charge on any atom is -0.394 e. The van der Waals surface area contributed by atoms with Gasteiger partial charge in [0.1, 0.15) is 24.4 Å². The van der Waals surface area contributed by atoms with E-state index in [0.717, 1.165) is 12.8 Å². The maximum Gasteiger partial charge on any atom is 0.184 e. The summed E-state index contributed by atoms with van der Waals surface area (Å²) in [6.07, 6.45) is 6.48. The summed E-state index contributed by atoms with van der Waals surface area (Å²) in [5, 5.41) is 38.2. The van der Waals surface area contributed by atoms with Gasteiger partial charge in [0.15, 0.2) is 6.29 Å². The third-order valence-corrected chi connectivity index (χ3v) is 4.65. The quantitative estimate of drug-likeness (QED) is 0.378. The summed E-state index contributed by atoms with van der Waals surface area (Å²) in [6.45, 7) is 2.30. The Morgan fingerprint density at radius 1 is 0.792 bits per heavy atom.